The Labute approximate surface area is 103 Å². The van der Waals surface area contributed by atoms with Gasteiger partial charge in [-0.1, -0.05) is 43.3 Å². The number of carboxylic acid groups (broad SMARTS) is 1. The molecule has 0 heterocycles. The first-order chi connectivity index (χ1) is 6.93. The quantitative estimate of drug-likeness (QED) is 0.568. The van der Waals surface area contributed by atoms with E-state index >= 15 is 0 Å². The largest absolute Gasteiger partial charge is 0.464 e. The fourth-order valence-electron chi connectivity index (χ4n) is 1.06. The molecule has 7 heteroatoms. The van der Waals surface area contributed by atoms with Gasteiger partial charge in [-0.2, -0.15) is 5.01 Å². The Bertz CT molecular complexity index is 387. The minimum absolute atomic E-state index is 0.305. The summed E-state index contributed by atoms with van der Waals surface area (Å²) < 4.78 is 0.846. The van der Waals surface area contributed by atoms with E-state index in [0.29, 0.717) is 10.7 Å². The van der Waals surface area contributed by atoms with Gasteiger partial charge < -0.3 is 5.11 Å². The number of hydrogen-bond donors (Lipinski definition) is 3. The third kappa shape index (κ3) is 2.94. The van der Waals surface area contributed by atoms with E-state index in [4.69, 9.17) is 16.7 Å². The van der Waals surface area contributed by atoms with Gasteiger partial charge in [0.1, 0.15) is 0 Å². The molecule has 1 amide bonds. The van der Waals surface area contributed by atoms with Crippen LogP contribution in [-0.4, -0.2) is 15.0 Å². The molecule has 0 aliphatic rings. The molecule has 0 bridgehead atoms. The van der Waals surface area contributed by atoms with Crippen molar-refractivity contribution >= 4 is 49.0 Å². The third-order valence-corrected chi connectivity index (χ3v) is 2.35. The second-order valence-electron chi connectivity index (χ2n) is 2.82. The minimum Gasteiger partial charge on any atom is -0.464 e. The first kappa shape index (κ1) is 12.5. The van der Waals surface area contributed by atoms with Gasteiger partial charge in [0, 0.05) is 0 Å². The van der Waals surface area contributed by atoms with E-state index in [1.54, 1.807) is 18.2 Å². The number of nitrogens with zero attached hydrogens (tertiary/aromatic N) is 2. The minimum atomic E-state index is -1.22. The highest BCUT2D eigenvalue weighted by atomic mass is 35.5. The molecule has 0 aliphatic carbocycles. The summed E-state index contributed by atoms with van der Waals surface area (Å²) in [6.07, 6.45) is -1.22. The maximum Gasteiger partial charge on any atom is 0.428 e. The van der Waals surface area contributed by atoms with Crippen LogP contribution in [0, 0.1) is 6.92 Å². The Morgan fingerprint density at radius 1 is 1.47 bits per heavy atom. The smallest absolute Gasteiger partial charge is 0.428 e. The van der Waals surface area contributed by atoms with E-state index in [9.17, 15) is 4.79 Å². The zero-order chi connectivity index (χ0) is 11.6. The van der Waals surface area contributed by atoms with Crippen LogP contribution in [0.3, 0.4) is 0 Å². The summed E-state index contributed by atoms with van der Waals surface area (Å²) in [5, 5.41) is 10.1. The van der Waals surface area contributed by atoms with Crippen LogP contribution in [0.4, 0.5) is 10.5 Å². The summed E-state index contributed by atoms with van der Waals surface area (Å²) in [4.78, 5) is 10.9. The number of halogens is 1. The summed E-state index contributed by atoms with van der Waals surface area (Å²) in [6, 6.07) is 5.01. The molecule has 4 nitrogen and oxygen atoms in total. The summed E-state index contributed by atoms with van der Waals surface area (Å²) in [7, 11) is 0. The van der Waals surface area contributed by atoms with Crippen LogP contribution in [0.2, 0.25) is 5.02 Å². The molecule has 0 fully saturated rings. The van der Waals surface area contributed by atoms with Crippen LogP contribution >= 0.6 is 37.2 Å². The Kier molecular flexibility index (Phi) is 4.15. The number of hydrazine groups is 1. The molecule has 0 saturated carbocycles. The SMILES string of the molecule is Cc1ccc(N(C(=O)O)N(S)S)c(Cl)c1. The van der Waals surface area contributed by atoms with Crippen LogP contribution in [0.25, 0.3) is 0 Å². The van der Waals surface area contributed by atoms with Crippen LogP contribution in [-0.2, 0) is 0 Å². The standard InChI is InChI=1S/C8H9ClN2O2S2/c1-5-2-3-7(6(9)4-5)10(8(12)13)11(14)15/h2-4,14-15H,1H3,(H,12,13). The maximum atomic E-state index is 10.9. The number of amides is 1. The molecule has 0 atom stereocenters. The second-order valence-corrected chi connectivity index (χ2v) is 4.30. The van der Waals surface area contributed by atoms with Gasteiger partial charge >= 0.3 is 6.09 Å². The van der Waals surface area contributed by atoms with Crippen molar-refractivity contribution in [2.75, 3.05) is 5.01 Å². The molecule has 1 aromatic rings. The lowest BCUT2D eigenvalue weighted by atomic mass is 10.2. The van der Waals surface area contributed by atoms with Gasteiger partial charge in [0.25, 0.3) is 0 Å². The first-order valence-electron chi connectivity index (χ1n) is 3.90. The van der Waals surface area contributed by atoms with Crippen LogP contribution in [0.1, 0.15) is 5.56 Å². The first-order valence-corrected chi connectivity index (χ1v) is 5.08. The topological polar surface area (TPSA) is 43.8 Å². The van der Waals surface area contributed by atoms with E-state index in [2.05, 4.69) is 25.6 Å². The molecule has 0 unspecified atom stereocenters. The molecular weight excluding hydrogens is 256 g/mol. The van der Waals surface area contributed by atoms with Gasteiger partial charge in [-0.25, -0.2) is 4.79 Å². The van der Waals surface area contributed by atoms with Gasteiger partial charge in [-0.05, 0) is 24.6 Å². The Morgan fingerprint density at radius 3 is 2.47 bits per heavy atom. The second kappa shape index (κ2) is 4.98. The molecule has 0 spiro atoms. The fraction of sp³-hybridized carbons (Fsp3) is 0.125. The lowest BCUT2D eigenvalue weighted by molar-refractivity contribution is 0.197. The summed E-state index contributed by atoms with van der Waals surface area (Å²) in [5.74, 6) is 0. The molecule has 1 rings (SSSR count). The van der Waals surface area contributed by atoms with Crippen molar-refractivity contribution in [3.05, 3.63) is 28.8 Å². The van der Waals surface area contributed by atoms with Crippen molar-refractivity contribution in [1.29, 1.82) is 0 Å². The normalized spacial score (nSPS) is 10.5. The van der Waals surface area contributed by atoms with Crippen molar-refractivity contribution in [2.45, 2.75) is 6.92 Å². The van der Waals surface area contributed by atoms with E-state index in [0.717, 1.165) is 14.4 Å². The zero-order valence-electron chi connectivity index (χ0n) is 7.75. The van der Waals surface area contributed by atoms with Gasteiger partial charge in [0.05, 0.1) is 10.7 Å². The predicted molar refractivity (Wildman–Crippen MR) is 66.5 cm³/mol. The van der Waals surface area contributed by atoms with E-state index < -0.39 is 6.09 Å². The average molecular weight is 265 g/mol. The Hall–Kier alpha value is -0.560. The third-order valence-electron chi connectivity index (χ3n) is 1.69. The van der Waals surface area contributed by atoms with Crippen LogP contribution in [0.15, 0.2) is 18.2 Å². The molecular formula is C8H9ClN2O2S2. The number of thiol groups is 2. The number of aryl methyl sites for hydroxylation is 1. The van der Waals surface area contributed by atoms with Crippen molar-refractivity contribution in [1.82, 2.24) is 3.82 Å². The predicted octanol–water partition coefficient (Wildman–Crippen LogP) is 3.04. The molecule has 82 valence electrons. The number of anilines is 1. The molecule has 0 aliphatic heterocycles. The van der Waals surface area contributed by atoms with E-state index in [1.807, 2.05) is 6.92 Å². The lowest BCUT2D eigenvalue weighted by Gasteiger charge is -2.24. The molecule has 1 aromatic carbocycles. The highest BCUT2D eigenvalue weighted by molar-refractivity contribution is 7.93. The number of carbonyl (C=O) groups is 1. The van der Waals surface area contributed by atoms with E-state index in [1.165, 1.54) is 0 Å². The molecule has 1 N–H and O–H groups in total. The number of rotatable bonds is 2. The molecule has 15 heavy (non-hydrogen) atoms. The number of hydrogen-bond acceptors (Lipinski definition) is 4. The van der Waals surface area contributed by atoms with Crippen molar-refractivity contribution in [3.63, 3.8) is 0 Å². The highest BCUT2D eigenvalue weighted by Gasteiger charge is 2.20. The number of benzene rings is 1. The summed E-state index contributed by atoms with van der Waals surface area (Å²) in [5.41, 5.74) is 1.25. The molecule has 0 radical (unpaired) electrons. The van der Waals surface area contributed by atoms with Gasteiger partial charge in [0.15, 0.2) is 0 Å². The zero-order valence-corrected chi connectivity index (χ0v) is 10.3. The van der Waals surface area contributed by atoms with Crippen molar-refractivity contribution in [2.24, 2.45) is 0 Å². The lowest BCUT2D eigenvalue weighted by Crippen LogP contribution is -2.35. The Balaban J connectivity index is 3.17. The van der Waals surface area contributed by atoms with Gasteiger partial charge in [-0.3, -0.25) is 0 Å². The average Bonchev–Trinajstić information content (AvgIpc) is 2.08. The van der Waals surface area contributed by atoms with E-state index in [-0.39, 0.29) is 0 Å². The molecule has 0 saturated heterocycles. The Morgan fingerprint density at radius 2 is 2.07 bits per heavy atom. The summed E-state index contributed by atoms with van der Waals surface area (Å²) in [6.45, 7) is 1.86. The monoisotopic (exact) mass is 264 g/mol. The highest BCUT2D eigenvalue weighted by Crippen LogP contribution is 2.29. The summed E-state index contributed by atoms with van der Waals surface area (Å²) >= 11 is 13.5. The van der Waals surface area contributed by atoms with Crippen LogP contribution < -0.4 is 5.01 Å². The maximum absolute atomic E-state index is 10.9. The molecule has 0 aromatic heterocycles. The van der Waals surface area contributed by atoms with Crippen molar-refractivity contribution in [3.8, 4) is 0 Å². The van der Waals surface area contributed by atoms with Gasteiger partial charge in [0.2, 0.25) is 0 Å². The fourth-order valence-corrected chi connectivity index (χ4v) is 1.72. The van der Waals surface area contributed by atoms with Gasteiger partial charge in [-0.15, -0.1) is 3.82 Å². The van der Waals surface area contributed by atoms with Crippen molar-refractivity contribution < 1.29 is 9.90 Å². The van der Waals surface area contributed by atoms with Crippen LogP contribution in [0.5, 0.6) is 0 Å².